The Morgan fingerprint density at radius 3 is 2.50 bits per heavy atom. The molecule has 4 aromatic rings. The molecule has 2 heterocycles. The minimum absolute atomic E-state index is 0.0260. The molecule has 1 aliphatic heterocycles. The van der Waals surface area contributed by atoms with Crippen LogP contribution < -0.4 is 9.64 Å². The quantitative estimate of drug-likeness (QED) is 0.191. The molecule has 1 fully saturated rings. The van der Waals surface area contributed by atoms with Gasteiger partial charge in [-0.3, -0.25) is 9.59 Å². The molecular formula is C34H34ClFN4O4. The van der Waals surface area contributed by atoms with E-state index >= 15 is 0 Å². The van der Waals surface area contributed by atoms with E-state index in [1.54, 1.807) is 36.5 Å². The van der Waals surface area contributed by atoms with Gasteiger partial charge in [0.15, 0.2) is 11.6 Å². The smallest absolute Gasteiger partial charge is 0.305 e. The number of aliphatic carboxylic acids is 1. The van der Waals surface area contributed by atoms with Crippen LogP contribution in [0, 0.1) is 5.82 Å². The van der Waals surface area contributed by atoms with Crippen molar-refractivity contribution in [2.45, 2.75) is 44.7 Å². The SMILES string of the molecule is O=C(O)CCN(Cc1ccc(Cl)cc1)C(=O)c1cnc(N2CCC[C@@H]2COc2ccccc2F)nc1CCc1ccccc1. The van der Waals surface area contributed by atoms with Crippen LogP contribution in [0.3, 0.4) is 0 Å². The van der Waals surface area contributed by atoms with Crippen LogP contribution in [0.2, 0.25) is 5.02 Å². The van der Waals surface area contributed by atoms with Crippen molar-refractivity contribution in [3.05, 3.63) is 118 Å². The largest absolute Gasteiger partial charge is 0.488 e. The molecule has 228 valence electrons. The van der Waals surface area contributed by atoms with Crippen LogP contribution in [0.4, 0.5) is 10.3 Å². The average Bonchev–Trinajstić information content (AvgIpc) is 3.51. The summed E-state index contributed by atoms with van der Waals surface area (Å²) < 4.78 is 20.0. The highest BCUT2D eigenvalue weighted by atomic mass is 35.5. The van der Waals surface area contributed by atoms with Gasteiger partial charge in [-0.1, -0.05) is 66.2 Å². The van der Waals surface area contributed by atoms with Crippen LogP contribution in [0.15, 0.2) is 85.1 Å². The van der Waals surface area contributed by atoms with E-state index in [0.29, 0.717) is 41.6 Å². The molecular weight excluding hydrogens is 583 g/mol. The minimum Gasteiger partial charge on any atom is -0.488 e. The lowest BCUT2D eigenvalue weighted by atomic mass is 10.0. The number of anilines is 1. The number of amides is 1. The lowest BCUT2D eigenvalue weighted by Crippen LogP contribution is -2.37. The Balaban J connectivity index is 1.42. The fourth-order valence-electron chi connectivity index (χ4n) is 5.31. The Kier molecular flexibility index (Phi) is 10.4. The fourth-order valence-corrected chi connectivity index (χ4v) is 5.43. The van der Waals surface area contributed by atoms with Gasteiger partial charge in [0.1, 0.15) is 6.61 Å². The Morgan fingerprint density at radius 1 is 1.00 bits per heavy atom. The summed E-state index contributed by atoms with van der Waals surface area (Å²) in [6, 6.07) is 23.3. The first-order valence-electron chi connectivity index (χ1n) is 14.7. The zero-order valence-corrected chi connectivity index (χ0v) is 25.0. The van der Waals surface area contributed by atoms with Gasteiger partial charge in [-0.25, -0.2) is 14.4 Å². The van der Waals surface area contributed by atoms with E-state index in [4.69, 9.17) is 21.3 Å². The van der Waals surface area contributed by atoms with Crippen LogP contribution in [0.5, 0.6) is 5.75 Å². The molecule has 1 atom stereocenters. The number of carbonyl (C=O) groups excluding carboxylic acids is 1. The number of para-hydroxylation sites is 1. The highest BCUT2D eigenvalue weighted by molar-refractivity contribution is 6.30. The number of carboxylic acid groups (broad SMARTS) is 1. The molecule has 8 nitrogen and oxygen atoms in total. The molecule has 10 heteroatoms. The number of aryl methyl sites for hydroxylation is 2. The Morgan fingerprint density at radius 2 is 1.75 bits per heavy atom. The van der Waals surface area contributed by atoms with E-state index in [1.165, 1.54) is 11.0 Å². The second kappa shape index (κ2) is 14.8. The van der Waals surface area contributed by atoms with Crippen molar-refractivity contribution >= 4 is 29.4 Å². The normalized spacial score (nSPS) is 14.4. The zero-order valence-electron chi connectivity index (χ0n) is 24.2. The first-order valence-corrected chi connectivity index (χ1v) is 15.0. The predicted molar refractivity (Wildman–Crippen MR) is 167 cm³/mol. The summed E-state index contributed by atoms with van der Waals surface area (Å²) in [5.74, 6) is -1.06. The van der Waals surface area contributed by atoms with Crippen LogP contribution in [-0.2, 0) is 24.2 Å². The molecule has 44 heavy (non-hydrogen) atoms. The van der Waals surface area contributed by atoms with Crippen molar-refractivity contribution in [3.63, 3.8) is 0 Å². The maximum absolute atomic E-state index is 14.2. The second-order valence-corrected chi connectivity index (χ2v) is 11.2. The Labute approximate surface area is 261 Å². The van der Waals surface area contributed by atoms with Crippen molar-refractivity contribution in [2.75, 3.05) is 24.6 Å². The third-order valence-corrected chi connectivity index (χ3v) is 7.90. The first-order chi connectivity index (χ1) is 21.4. The molecule has 0 aliphatic carbocycles. The summed E-state index contributed by atoms with van der Waals surface area (Å²) in [6.07, 6.45) is 4.23. The molecule has 0 radical (unpaired) electrons. The summed E-state index contributed by atoms with van der Waals surface area (Å²) >= 11 is 6.05. The van der Waals surface area contributed by atoms with Crippen molar-refractivity contribution < 1.29 is 23.8 Å². The molecule has 0 spiro atoms. The highest BCUT2D eigenvalue weighted by Crippen LogP contribution is 2.26. The van der Waals surface area contributed by atoms with Crippen molar-refractivity contribution in [1.29, 1.82) is 0 Å². The molecule has 0 bridgehead atoms. The van der Waals surface area contributed by atoms with Crippen LogP contribution in [-0.4, -0.2) is 57.6 Å². The van der Waals surface area contributed by atoms with Gasteiger partial charge in [0, 0.05) is 30.9 Å². The molecule has 1 amide bonds. The average molecular weight is 617 g/mol. The predicted octanol–water partition coefficient (Wildman–Crippen LogP) is 6.22. The zero-order chi connectivity index (χ0) is 30.9. The molecule has 1 N–H and O–H groups in total. The Hall–Kier alpha value is -4.50. The van der Waals surface area contributed by atoms with Crippen LogP contribution >= 0.6 is 11.6 Å². The number of ether oxygens (including phenoxy) is 1. The minimum atomic E-state index is -0.993. The number of nitrogens with zero attached hydrogens (tertiary/aromatic N) is 4. The standard InChI is InChI=1S/C34H34ClFN4O4/c35-26-15-12-25(13-16-26)22-39(20-18-32(41)42)33(43)28-21-37-34(38-30(28)17-14-24-7-2-1-3-8-24)40-19-6-9-27(40)23-44-31-11-5-4-10-29(31)36/h1-5,7-8,10-13,15-16,21,27H,6,9,14,17-20,22-23H2,(H,41,42)/t27-/m1/s1. The van der Waals surface area contributed by atoms with E-state index in [2.05, 4.69) is 9.88 Å². The van der Waals surface area contributed by atoms with Gasteiger partial charge in [-0.15, -0.1) is 0 Å². The maximum atomic E-state index is 14.2. The number of benzene rings is 3. The summed E-state index contributed by atoms with van der Waals surface area (Å²) in [6.45, 7) is 1.22. The van der Waals surface area contributed by atoms with Gasteiger partial charge < -0.3 is 19.6 Å². The number of rotatable bonds is 13. The van der Waals surface area contributed by atoms with Crippen LogP contribution in [0.1, 0.15) is 46.4 Å². The molecule has 1 aromatic heterocycles. The second-order valence-electron chi connectivity index (χ2n) is 10.7. The van der Waals surface area contributed by atoms with Gasteiger partial charge in [0.25, 0.3) is 5.91 Å². The first kappa shape index (κ1) is 30.9. The summed E-state index contributed by atoms with van der Waals surface area (Å²) in [5, 5.41) is 9.95. The van der Waals surface area contributed by atoms with Gasteiger partial charge in [-0.05, 0) is 61.1 Å². The molecule has 1 saturated heterocycles. The lowest BCUT2D eigenvalue weighted by molar-refractivity contribution is -0.137. The maximum Gasteiger partial charge on any atom is 0.305 e. The Bertz CT molecular complexity index is 1570. The number of aromatic nitrogens is 2. The molecule has 1 aliphatic rings. The van der Waals surface area contributed by atoms with Crippen molar-refractivity contribution in [1.82, 2.24) is 14.9 Å². The van der Waals surface area contributed by atoms with Crippen molar-refractivity contribution in [3.8, 4) is 5.75 Å². The highest BCUT2D eigenvalue weighted by Gasteiger charge is 2.29. The van der Waals surface area contributed by atoms with Gasteiger partial charge in [-0.2, -0.15) is 0 Å². The van der Waals surface area contributed by atoms with E-state index in [-0.39, 0.29) is 43.8 Å². The molecule has 5 rings (SSSR count). The number of carboxylic acids is 1. The fraction of sp³-hybridized carbons (Fsp3) is 0.294. The molecule has 0 saturated carbocycles. The van der Waals surface area contributed by atoms with E-state index in [1.807, 2.05) is 42.5 Å². The summed E-state index contributed by atoms with van der Waals surface area (Å²) in [5.41, 5.74) is 2.85. The molecule has 0 unspecified atom stereocenters. The van der Waals surface area contributed by atoms with E-state index in [0.717, 1.165) is 24.0 Å². The summed E-state index contributed by atoms with van der Waals surface area (Å²) in [4.78, 5) is 38.6. The third-order valence-electron chi connectivity index (χ3n) is 7.65. The molecule has 3 aromatic carbocycles. The topological polar surface area (TPSA) is 95.9 Å². The number of hydrogen-bond donors (Lipinski definition) is 1. The monoisotopic (exact) mass is 616 g/mol. The number of halogens is 2. The van der Waals surface area contributed by atoms with Gasteiger partial charge >= 0.3 is 5.97 Å². The summed E-state index contributed by atoms with van der Waals surface area (Å²) in [7, 11) is 0. The van der Waals surface area contributed by atoms with Crippen LogP contribution in [0.25, 0.3) is 0 Å². The number of hydrogen-bond acceptors (Lipinski definition) is 6. The van der Waals surface area contributed by atoms with Gasteiger partial charge in [0.05, 0.1) is 23.7 Å². The van der Waals surface area contributed by atoms with E-state index < -0.39 is 11.8 Å². The van der Waals surface area contributed by atoms with E-state index in [9.17, 15) is 19.1 Å². The number of carbonyl (C=O) groups is 2. The van der Waals surface area contributed by atoms with Gasteiger partial charge in [0.2, 0.25) is 5.95 Å². The third kappa shape index (κ3) is 8.11. The lowest BCUT2D eigenvalue weighted by Gasteiger charge is -2.27. The van der Waals surface area contributed by atoms with Crippen molar-refractivity contribution in [2.24, 2.45) is 0 Å².